The number of benzene rings is 1. The van der Waals surface area contributed by atoms with Crippen LogP contribution in [0.4, 0.5) is 10.5 Å². The van der Waals surface area contributed by atoms with E-state index in [0.717, 1.165) is 11.3 Å². The first-order valence-electron chi connectivity index (χ1n) is 8.05. The van der Waals surface area contributed by atoms with E-state index in [9.17, 15) is 9.59 Å². The fourth-order valence-electron chi connectivity index (χ4n) is 2.82. The number of nitrogens with zero attached hydrogens (tertiary/aromatic N) is 2. The second-order valence-electron chi connectivity index (χ2n) is 5.74. The minimum absolute atomic E-state index is 0.00503. The number of anilines is 1. The number of nitrogens with one attached hydrogen (secondary N) is 2. The Labute approximate surface area is 146 Å². The SMILES string of the molecule is COc1ncccc1CNC(=O)N[C@@H]1CC(=O)N(c2ccccc2)C1. The van der Waals surface area contributed by atoms with Gasteiger partial charge in [-0.25, -0.2) is 9.78 Å². The fraction of sp³-hybridized carbons (Fsp3) is 0.278. The van der Waals surface area contributed by atoms with Gasteiger partial charge in [-0.3, -0.25) is 4.79 Å². The summed E-state index contributed by atoms with van der Waals surface area (Å²) < 4.78 is 5.15. The highest BCUT2D eigenvalue weighted by atomic mass is 16.5. The van der Waals surface area contributed by atoms with Crippen LogP contribution in [-0.4, -0.2) is 36.6 Å². The second kappa shape index (κ2) is 7.65. The van der Waals surface area contributed by atoms with Gasteiger partial charge in [-0.1, -0.05) is 24.3 Å². The number of pyridine rings is 1. The van der Waals surface area contributed by atoms with Gasteiger partial charge in [-0.15, -0.1) is 0 Å². The number of aromatic nitrogens is 1. The van der Waals surface area contributed by atoms with Crippen molar-refractivity contribution in [3.63, 3.8) is 0 Å². The van der Waals surface area contributed by atoms with Gasteiger partial charge >= 0.3 is 6.03 Å². The Morgan fingerprint density at radius 2 is 2.08 bits per heavy atom. The molecule has 1 saturated heterocycles. The van der Waals surface area contributed by atoms with Crippen molar-refractivity contribution < 1.29 is 14.3 Å². The minimum atomic E-state index is -0.321. The van der Waals surface area contributed by atoms with Crippen molar-refractivity contribution in [2.24, 2.45) is 0 Å². The van der Waals surface area contributed by atoms with E-state index >= 15 is 0 Å². The van der Waals surface area contributed by atoms with Gasteiger partial charge in [0.1, 0.15) is 0 Å². The van der Waals surface area contributed by atoms with E-state index < -0.39 is 0 Å². The number of rotatable bonds is 5. The van der Waals surface area contributed by atoms with Crippen molar-refractivity contribution in [2.75, 3.05) is 18.6 Å². The molecule has 1 aliphatic rings. The summed E-state index contributed by atoms with van der Waals surface area (Å²) in [4.78, 5) is 30.0. The highest BCUT2D eigenvalue weighted by molar-refractivity contribution is 5.96. The molecule has 2 heterocycles. The van der Waals surface area contributed by atoms with E-state index in [1.807, 2.05) is 36.4 Å². The molecule has 3 amide bonds. The van der Waals surface area contributed by atoms with Crippen LogP contribution in [-0.2, 0) is 11.3 Å². The Morgan fingerprint density at radius 1 is 1.28 bits per heavy atom. The van der Waals surface area contributed by atoms with E-state index in [1.54, 1.807) is 17.2 Å². The molecule has 0 aliphatic carbocycles. The molecule has 1 aromatic heterocycles. The molecule has 1 aliphatic heterocycles. The van der Waals surface area contributed by atoms with Gasteiger partial charge in [-0.05, 0) is 18.2 Å². The molecule has 7 nitrogen and oxygen atoms in total. The zero-order valence-corrected chi connectivity index (χ0v) is 13.9. The first-order valence-corrected chi connectivity index (χ1v) is 8.05. The first kappa shape index (κ1) is 16.8. The molecule has 3 rings (SSSR count). The molecule has 0 unspecified atom stereocenters. The summed E-state index contributed by atoms with van der Waals surface area (Å²) in [6.45, 7) is 0.762. The topological polar surface area (TPSA) is 83.6 Å². The largest absolute Gasteiger partial charge is 0.481 e. The lowest BCUT2D eigenvalue weighted by Gasteiger charge is -2.17. The summed E-state index contributed by atoms with van der Waals surface area (Å²) in [6.07, 6.45) is 1.92. The van der Waals surface area contributed by atoms with E-state index in [0.29, 0.717) is 25.4 Å². The lowest BCUT2D eigenvalue weighted by molar-refractivity contribution is -0.117. The van der Waals surface area contributed by atoms with Gasteiger partial charge in [-0.2, -0.15) is 0 Å². The maximum atomic E-state index is 12.2. The van der Waals surface area contributed by atoms with Crippen LogP contribution in [0.1, 0.15) is 12.0 Å². The van der Waals surface area contributed by atoms with Gasteiger partial charge in [0, 0.05) is 37.0 Å². The van der Waals surface area contributed by atoms with Gasteiger partial charge in [0.2, 0.25) is 11.8 Å². The number of carbonyl (C=O) groups excluding carboxylic acids is 2. The van der Waals surface area contributed by atoms with Crippen LogP contribution in [0.3, 0.4) is 0 Å². The average Bonchev–Trinajstić information content (AvgIpc) is 3.01. The molecule has 2 aromatic rings. The first-order chi connectivity index (χ1) is 12.2. The second-order valence-corrected chi connectivity index (χ2v) is 5.74. The number of hydrogen-bond acceptors (Lipinski definition) is 4. The van der Waals surface area contributed by atoms with Gasteiger partial charge in [0.05, 0.1) is 13.2 Å². The van der Waals surface area contributed by atoms with Crippen molar-refractivity contribution in [3.8, 4) is 5.88 Å². The molecule has 0 bridgehead atoms. The number of ether oxygens (including phenoxy) is 1. The number of hydrogen-bond donors (Lipinski definition) is 2. The van der Waals surface area contributed by atoms with E-state index in [-0.39, 0.29) is 18.0 Å². The number of urea groups is 1. The van der Waals surface area contributed by atoms with Crippen molar-refractivity contribution in [1.82, 2.24) is 15.6 Å². The molecule has 1 aromatic carbocycles. The summed E-state index contributed by atoms with van der Waals surface area (Å²) >= 11 is 0. The molecule has 2 N–H and O–H groups in total. The zero-order chi connectivity index (χ0) is 17.6. The average molecular weight is 340 g/mol. The Hall–Kier alpha value is -3.09. The Kier molecular flexibility index (Phi) is 5.13. The normalized spacial score (nSPS) is 16.6. The molecule has 0 saturated carbocycles. The van der Waals surface area contributed by atoms with E-state index in [4.69, 9.17) is 4.74 Å². The third-order valence-corrected chi connectivity index (χ3v) is 4.01. The summed E-state index contributed by atoms with van der Waals surface area (Å²) in [5.74, 6) is 0.486. The number of carbonyl (C=O) groups is 2. The van der Waals surface area contributed by atoms with Crippen LogP contribution in [0, 0.1) is 0 Å². The van der Waals surface area contributed by atoms with Crippen molar-refractivity contribution in [3.05, 3.63) is 54.2 Å². The maximum Gasteiger partial charge on any atom is 0.315 e. The quantitative estimate of drug-likeness (QED) is 0.868. The molecule has 1 fully saturated rings. The molecule has 25 heavy (non-hydrogen) atoms. The Morgan fingerprint density at radius 3 is 2.84 bits per heavy atom. The van der Waals surface area contributed by atoms with E-state index in [1.165, 1.54) is 7.11 Å². The van der Waals surface area contributed by atoms with Crippen LogP contribution in [0.15, 0.2) is 48.7 Å². The smallest absolute Gasteiger partial charge is 0.315 e. The lowest BCUT2D eigenvalue weighted by atomic mass is 10.2. The predicted octanol–water partition coefficient (Wildman–Crippen LogP) is 1.69. The Balaban J connectivity index is 1.53. The lowest BCUT2D eigenvalue weighted by Crippen LogP contribution is -2.43. The molecule has 0 spiro atoms. The number of methoxy groups -OCH3 is 1. The van der Waals surface area contributed by atoms with Gasteiger partial charge < -0.3 is 20.3 Å². The fourth-order valence-corrected chi connectivity index (χ4v) is 2.82. The van der Waals surface area contributed by atoms with E-state index in [2.05, 4.69) is 15.6 Å². The summed E-state index contributed by atoms with van der Waals surface area (Å²) in [6, 6.07) is 12.5. The van der Waals surface area contributed by atoms with Crippen LogP contribution < -0.4 is 20.3 Å². The van der Waals surface area contributed by atoms with Crippen molar-refractivity contribution >= 4 is 17.6 Å². The number of amides is 3. The van der Waals surface area contributed by atoms with Gasteiger partial charge in [0.25, 0.3) is 0 Å². The summed E-state index contributed by atoms with van der Waals surface area (Å²) in [5.41, 5.74) is 1.63. The minimum Gasteiger partial charge on any atom is -0.481 e. The van der Waals surface area contributed by atoms with Crippen molar-refractivity contribution in [2.45, 2.75) is 19.0 Å². The van der Waals surface area contributed by atoms with Crippen LogP contribution >= 0.6 is 0 Å². The molecule has 130 valence electrons. The highest BCUT2D eigenvalue weighted by Crippen LogP contribution is 2.21. The zero-order valence-electron chi connectivity index (χ0n) is 13.9. The standard InChI is InChI=1S/C18H20N4O3/c1-25-17-13(6-5-9-19-17)11-20-18(24)21-14-10-16(23)22(12-14)15-7-3-2-4-8-15/h2-9,14H,10-12H2,1H3,(H2,20,21,24)/t14-/m1/s1. The molecule has 0 radical (unpaired) electrons. The molecular weight excluding hydrogens is 320 g/mol. The monoisotopic (exact) mass is 340 g/mol. The third-order valence-electron chi connectivity index (χ3n) is 4.01. The summed E-state index contributed by atoms with van der Waals surface area (Å²) in [5, 5.41) is 5.61. The van der Waals surface area contributed by atoms with Crippen molar-refractivity contribution in [1.29, 1.82) is 0 Å². The van der Waals surface area contributed by atoms with Crippen LogP contribution in [0.25, 0.3) is 0 Å². The summed E-state index contributed by atoms with van der Waals surface area (Å²) in [7, 11) is 1.54. The van der Waals surface area contributed by atoms with Crippen LogP contribution in [0.2, 0.25) is 0 Å². The van der Waals surface area contributed by atoms with Gasteiger partial charge in [0.15, 0.2) is 0 Å². The van der Waals surface area contributed by atoms with Crippen LogP contribution in [0.5, 0.6) is 5.88 Å². The molecule has 1 atom stereocenters. The number of para-hydroxylation sites is 1. The highest BCUT2D eigenvalue weighted by Gasteiger charge is 2.31. The predicted molar refractivity (Wildman–Crippen MR) is 93.4 cm³/mol. The third kappa shape index (κ3) is 4.06. The molecule has 7 heteroatoms. The Bertz CT molecular complexity index is 751. The molecular formula is C18H20N4O3. The maximum absolute atomic E-state index is 12.2.